The molecule has 0 atom stereocenters. The number of rotatable bonds is 2. The molecule has 2 aromatic rings. The standard InChI is InChI=1S/C13H16ClN5O/c14-10-8-9(2-3-11(10)20)12-16-13(18-17-12)19-6-1-4-15-5-7-19/h2-3,8,15,20H,1,4-7H2,(H,16,17,18). The van der Waals surface area contributed by atoms with Crippen LogP contribution in [0.3, 0.4) is 0 Å². The fourth-order valence-corrected chi connectivity index (χ4v) is 2.40. The zero-order chi connectivity index (χ0) is 13.9. The van der Waals surface area contributed by atoms with Gasteiger partial charge in [0.05, 0.1) is 5.02 Å². The number of halogens is 1. The van der Waals surface area contributed by atoms with Gasteiger partial charge in [-0.1, -0.05) is 11.6 Å². The largest absolute Gasteiger partial charge is 0.506 e. The highest BCUT2D eigenvalue weighted by molar-refractivity contribution is 6.32. The highest BCUT2D eigenvalue weighted by atomic mass is 35.5. The lowest BCUT2D eigenvalue weighted by molar-refractivity contribution is 0.475. The third-order valence-electron chi connectivity index (χ3n) is 3.32. The molecular formula is C13H16ClN5O. The molecule has 0 unspecified atom stereocenters. The van der Waals surface area contributed by atoms with E-state index in [0.29, 0.717) is 16.8 Å². The van der Waals surface area contributed by atoms with E-state index in [1.165, 1.54) is 0 Å². The van der Waals surface area contributed by atoms with Gasteiger partial charge in [-0.3, -0.25) is 5.10 Å². The van der Waals surface area contributed by atoms with Crippen LogP contribution < -0.4 is 10.2 Å². The van der Waals surface area contributed by atoms with Gasteiger partial charge in [-0.15, -0.1) is 5.10 Å². The number of aromatic nitrogens is 3. The van der Waals surface area contributed by atoms with Crippen molar-refractivity contribution in [2.45, 2.75) is 6.42 Å². The van der Waals surface area contributed by atoms with Gasteiger partial charge in [0.1, 0.15) is 5.75 Å². The van der Waals surface area contributed by atoms with Gasteiger partial charge in [-0.2, -0.15) is 4.98 Å². The molecule has 1 aliphatic heterocycles. The number of hydrogen-bond donors (Lipinski definition) is 3. The Morgan fingerprint density at radius 2 is 2.15 bits per heavy atom. The summed E-state index contributed by atoms with van der Waals surface area (Å²) in [5.74, 6) is 1.42. The fraction of sp³-hybridized carbons (Fsp3) is 0.385. The van der Waals surface area contributed by atoms with Crippen LogP contribution in [0.2, 0.25) is 5.02 Å². The number of anilines is 1. The first-order valence-corrected chi connectivity index (χ1v) is 6.99. The second-order valence-electron chi connectivity index (χ2n) is 4.74. The Hall–Kier alpha value is -1.79. The lowest BCUT2D eigenvalue weighted by atomic mass is 10.2. The summed E-state index contributed by atoms with van der Waals surface area (Å²) in [4.78, 5) is 6.66. The smallest absolute Gasteiger partial charge is 0.245 e. The van der Waals surface area contributed by atoms with Crippen LogP contribution in [0, 0.1) is 0 Å². The number of aromatic hydroxyl groups is 1. The first-order chi connectivity index (χ1) is 9.74. The maximum Gasteiger partial charge on any atom is 0.245 e. The molecule has 20 heavy (non-hydrogen) atoms. The van der Waals surface area contributed by atoms with Gasteiger partial charge in [-0.25, -0.2) is 0 Å². The van der Waals surface area contributed by atoms with E-state index in [1.807, 2.05) is 0 Å². The molecule has 1 aromatic heterocycles. The molecule has 0 aliphatic carbocycles. The van der Waals surface area contributed by atoms with Crippen LogP contribution in [0.1, 0.15) is 6.42 Å². The first-order valence-electron chi connectivity index (χ1n) is 6.61. The van der Waals surface area contributed by atoms with Crippen molar-refractivity contribution in [1.82, 2.24) is 20.5 Å². The van der Waals surface area contributed by atoms with Crippen molar-refractivity contribution < 1.29 is 5.11 Å². The maximum absolute atomic E-state index is 9.44. The number of nitrogens with zero attached hydrogens (tertiary/aromatic N) is 3. The van der Waals surface area contributed by atoms with Crippen molar-refractivity contribution in [3.8, 4) is 17.1 Å². The predicted octanol–water partition coefficient (Wildman–Crippen LogP) is 1.63. The number of H-pyrrole nitrogens is 1. The summed E-state index contributed by atoms with van der Waals surface area (Å²) < 4.78 is 0. The van der Waals surface area contributed by atoms with Crippen LogP contribution in [0.4, 0.5) is 5.95 Å². The number of phenols is 1. The summed E-state index contributed by atoms with van der Waals surface area (Å²) >= 11 is 5.91. The summed E-state index contributed by atoms with van der Waals surface area (Å²) in [5, 5.41) is 20.3. The van der Waals surface area contributed by atoms with Gasteiger partial charge in [0.15, 0.2) is 5.82 Å². The lowest BCUT2D eigenvalue weighted by Crippen LogP contribution is -2.28. The highest BCUT2D eigenvalue weighted by Gasteiger charge is 2.15. The van der Waals surface area contributed by atoms with Gasteiger partial charge in [0, 0.05) is 25.2 Å². The van der Waals surface area contributed by atoms with Gasteiger partial charge < -0.3 is 15.3 Å². The molecule has 3 rings (SSSR count). The molecule has 0 bridgehead atoms. The molecule has 0 spiro atoms. The van der Waals surface area contributed by atoms with E-state index in [-0.39, 0.29) is 5.75 Å². The summed E-state index contributed by atoms with van der Waals surface area (Å²) in [6.45, 7) is 3.81. The Balaban J connectivity index is 1.83. The minimum atomic E-state index is 0.0637. The van der Waals surface area contributed by atoms with Crippen LogP contribution in [0.15, 0.2) is 18.2 Å². The van der Waals surface area contributed by atoms with Crippen molar-refractivity contribution in [3.63, 3.8) is 0 Å². The number of hydrogen-bond acceptors (Lipinski definition) is 5. The summed E-state index contributed by atoms with van der Waals surface area (Å²) in [6.07, 6.45) is 1.08. The van der Waals surface area contributed by atoms with Crippen molar-refractivity contribution in [2.75, 3.05) is 31.1 Å². The summed E-state index contributed by atoms with van der Waals surface area (Å²) in [5.41, 5.74) is 0.805. The van der Waals surface area contributed by atoms with Crippen LogP contribution >= 0.6 is 11.6 Å². The van der Waals surface area contributed by atoms with E-state index >= 15 is 0 Å². The third kappa shape index (κ3) is 2.71. The zero-order valence-corrected chi connectivity index (χ0v) is 11.7. The molecule has 0 amide bonds. The minimum absolute atomic E-state index is 0.0637. The second-order valence-corrected chi connectivity index (χ2v) is 5.15. The van der Waals surface area contributed by atoms with E-state index in [9.17, 15) is 5.11 Å². The van der Waals surface area contributed by atoms with Crippen LogP contribution in [0.5, 0.6) is 5.75 Å². The summed E-state index contributed by atoms with van der Waals surface area (Å²) in [7, 11) is 0. The zero-order valence-electron chi connectivity index (χ0n) is 10.9. The molecule has 1 fully saturated rings. The van der Waals surface area contributed by atoms with E-state index in [0.717, 1.165) is 38.2 Å². The number of nitrogens with one attached hydrogen (secondary N) is 2. The normalized spacial score (nSPS) is 16.1. The van der Waals surface area contributed by atoms with E-state index in [1.54, 1.807) is 18.2 Å². The van der Waals surface area contributed by atoms with Gasteiger partial charge in [-0.05, 0) is 31.2 Å². The van der Waals surface area contributed by atoms with Gasteiger partial charge >= 0.3 is 0 Å². The van der Waals surface area contributed by atoms with Gasteiger partial charge in [0.25, 0.3) is 0 Å². The maximum atomic E-state index is 9.44. The number of benzene rings is 1. The van der Waals surface area contributed by atoms with E-state index in [2.05, 4.69) is 25.4 Å². The quantitative estimate of drug-likeness (QED) is 0.784. The topological polar surface area (TPSA) is 77.1 Å². The van der Waals surface area contributed by atoms with Crippen LogP contribution in [-0.2, 0) is 0 Å². The summed E-state index contributed by atoms with van der Waals surface area (Å²) in [6, 6.07) is 4.98. The fourth-order valence-electron chi connectivity index (χ4n) is 2.22. The van der Waals surface area contributed by atoms with Crippen molar-refractivity contribution in [2.24, 2.45) is 0 Å². The van der Waals surface area contributed by atoms with Gasteiger partial charge in [0.2, 0.25) is 5.95 Å². The Kier molecular flexibility index (Phi) is 3.75. The van der Waals surface area contributed by atoms with Crippen molar-refractivity contribution >= 4 is 17.5 Å². The van der Waals surface area contributed by atoms with Crippen LogP contribution in [0.25, 0.3) is 11.4 Å². The minimum Gasteiger partial charge on any atom is -0.506 e. The molecule has 1 aromatic carbocycles. The Morgan fingerprint density at radius 3 is 3.00 bits per heavy atom. The SMILES string of the molecule is Oc1ccc(-c2nc(N3CCCNCC3)n[nH]2)cc1Cl. The molecule has 1 saturated heterocycles. The number of aromatic amines is 1. The first kappa shape index (κ1) is 13.2. The van der Waals surface area contributed by atoms with E-state index in [4.69, 9.17) is 11.6 Å². The number of phenolic OH excluding ortho intramolecular Hbond substituents is 1. The molecule has 106 valence electrons. The molecular weight excluding hydrogens is 278 g/mol. The third-order valence-corrected chi connectivity index (χ3v) is 3.62. The average molecular weight is 294 g/mol. The monoisotopic (exact) mass is 293 g/mol. The Bertz CT molecular complexity index is 592. The van der Waals surface area contributed by atoms with Crippen LogP contribution in [-0.4, -0.2) is 46.5 Å². The predicted molar refractivity (Wildman–Crippen MR) is 78.2 cm³/mol. The Labute approximate surface area is 121 Å². The van der Waals surface area contributed by atoms with Crippen molar-refractivity contribution in [1.29, 1.82) is 0 Å². The molecule has 6 nitrogen and oxygen atoms in total. The molecule has 0 radical (unpaired) electrons. The second kappa shape index (κ2) is 5.68. The molecule has 0 saturated carbocycles. The molecule has 2 heterocycles. The Morgan fingerprint density at radius 1 is 1.25 bits per heavy atom. The van der Waals surface area contributed by atoms with E-state index < -0.39 is 0 Å². The highest BCUT2D eigenvalue weighted by Crippen LogP contribution is 2.28. The van der Waals surface area contributed by atoms with Crippen molar-refractivity contribution in [3.05, 3.63) is 23.2 Å². The molecule has 3 N–H and O–H groups in total. The average Bonchev–Trinajstić information content (AvgIpc) is 2.78. The molecule has 1 aliphatic rings. The lowest BCUT2D eigenvalue weighted by Gasteiger charge is -2.16. The molecule has 7 heteroatoms.